The van der Waals surface area contributed by atoms with Crippen LogP contribution in [0.1, 0.15) is 69.4 Å². The Bertz CT molecular complexity index is 1350. The molecule has 0 N–H and O–H groups in total. The zero-order valence-electron chi connectivity index (χ0n) is 21.5. The third-order valence-corrected chi connectivity index (χ3v) is 6.15. The van der Waals surface area contributed by atoms with Crippen molar-refractivity contribution >= 4 is 46.3 Å². The van der Waals surface area contributed by atoms with E-state index in [2.05, 4.69) is 9.97 Å². The zero-order valence-corrected chi connectivity index (χ0v) is 22.3. The Balaban J connectivity index is 1.81. The number of carbonyl (C=O) groups is 3. The maximum absolute atomic E-state index is 13.7. The van der Waals surface area contributed by atoms with Crippen LogP contribution in [-0.4, -0.2) is 39.5 Å². The molecular formula is C28H30ClN3O5. The Labute approximate surface area is 220 Å². The lowest BCUT2D eigenvalue weighted by molar-refractivity contribution is -0.131. The van der Waals surface area contributed by atoms with Crippen LogP contribution in [0.15, 0.2) is 48.5 Å². The SMILES string of the molecule is CC(C)CCC(=O)C(OC(=O)OC(C)(C)C)C1c2ccccc2C(=O)N1c1ccc2ccc(Cl)nc2n1. The molecule has 0 bridgehead atoms. The monoisotopic (exact) mass is 523 g/mol. The summed E-state index contributed by atoms with van der Waals surface area (Å²) in [4.78, 5) is 50.3. The summed E-state index contributed by atoms with van der Waals surface area (Å²) < 4.78 is 11.1. The van der Waals surface area contributed by atoms with Crippen LogP contribution in [0.3, 0.4) is 0 Å². The number of anilines is 1. The van der Waals surface area contributed by atoms with Crippen LogP contribution in [0.5, 0.6) is 0 Å². The summed E-state index contributed by atoms with van der Waals surface area (Å²) in [6.45, 7) is 9.15. The molecule has 8 nitrogen and oxygen atoms in total. The minimum atomic E-state index is -1.30. The number of carbonyl (C=O) groups excluding carboxylic acids is 3. The summed E-state index contributed by atoms with van der Waals surface area (Å²) in [6, 6.07) is 12.9. The summed E-state index contributed by atoms with van der Waals surface area (Å²) in [5.41, 5.74) is 0.502. The Hall–Kier alpha value is -3.52. The van der Waals surface area contributed by atoms with Gasteiger partial charge in [-0.15, -0.1) is 0 Å². The lowest BCUT2D eigenvalue weighted by Crippen LogP contribution is -2.43. The predicted octanol–water partition coefficient (Wildman–Crippen LogP) is 6.31. The number of amides is 1. The average molecular weight is 524 g/mol. The van der Waals surface area contributed by atoms with Crippen molar-refractivity contribution in [2.75, 3.05) is 4.90 Å². The number of halogens is 1. The van der Waals surface area contributed by atoms with Gasteiger partial charge in [0.2, 0.25) is 0 Å². The van der Waals surface area contributed by atoms with E-state index in [0.29, 0.717) is 23.2 Å². The van der Waals surface area contributed by atoms with E-state index in [1.54, 1.807) is 69.3 Å². The van der Waals surface area contributed by atoms with E-state index < -0.39 is 23.9 Å². The topological polar surface area (TPSA) is 98.7 Å². The van der Waals surface area contributed by atoms with Crippen LogP contribution in [0.25, 0.3) is 11.0 Å². The second kappa shape index (κ2) is 10.5. The van der Waals surface area contributed by atoms with Gasteiger partial charge in [0, 0.05) is 17.4 Å². The fourth-order valence-corrected chi connectivity index (χ4v) is 4.39. The maximum atomic E-state index is 13.7. The first-order valence-electron chi connectivity index (χ1n) is 12.2. The second-order valence-electron chi connectivity index (χ2n) is 10.5. The average Bonchev–Trinajstić information content (AvgIpc) is 3.11. The van der Waals surface area contributed by atoms with Gasteiger partial charge in [0.1, 0.15) is 22.6 Å². The molecule has 2 aromatic heterocycles. The first-order chi connectivity index (χ1) is 17.4. The molecular weight excluding hydrogens is 494 g/mol. The van der Waals surface area contributed by atoms with Crippen LogP contribution >= 0.6 is 11.6 Å². The van der Waals surface area contributed by atoms with Crippen LogP contribution in [0.2, 0.25) is 5.15 Å². The molecule has 1 aliphatic heterocycles. The second-order valence-corrected chi connectivity index (χ2v) is 10.8. The minimum Gasteiger partial charge on any atom is -0.429 e. The molecule has 0 saturated carbocycles. The molecule has 0 spiro atoms. The quantitative estimate of drug-likeness (QED) is 0.264. The predicted molar refractivity (Wildman–Crippen MR) is 141 cm³/mol. The number of hydrogen-bond donors (Lipinski definition) is 0. The summed E-state index contributed by atoms with van der Waals surface area (Å²) in [6.07, 6.45) is -1.50. The van der Waals surface area contributed by atoms with E-state index in [4.69, 9.17) is 21.1 Å². The van der Waals surface area contributed by atoms with E-state index in [-0.39, 0.29) is 35.0 Å². The van der Waals surface area contributed by atoms with Crippen molar-refractivity contribution in [2.24, 2.45) is 5.92 Å². The van der Waals surface area contributed by atoms with Crippen molar-refractivity contribution in [2.45, 2.75) is 65.2 Å². The fourth-order valence-electron chi connectivity index (χ4n) is 4.25. The molecule has 3 aromatic rings. The smallest absolute Gasteiger partial charge is 0.429 e. The lowest BCUT2D eigenvalue weighted by atomic mass is 9.94. The largest absolute Gasteiger partial charge is 0.509 e. The first-order valence-corrected chi connectivity index (χ1v) is 12.6. The molecule has 3 heterocycles. The van der Waals surface area contributed by atoms with E-state index in [0.717, 1.165) is 5.39 Å². The molecule has 2 atom stereocenters. The van der Waals surface area contributed by atoms with E-state index >= 15 is 0 Å². The number of benzene rings is 1. The van der Waals surface area contributed by atoms with Crippen molar-refractivity contribution in [1.29, 1.82) is 0 Å². The van der Waals surface area contributed by atoms with Crippen molar-refractivity contribution in [1.82, 2.24) is 9.97 Å². The third kappa shape index (κ3) is 5.91. The number of pyridine rings is 2. The summed E-state index contributed by atoms with van der Waals surface area (Å²) in [7, 11) is 0. The molecule has 0 fully saturated rings. The van der Waals surface area contributed by atoms with Gasteiger partial charge >= 0.3 is 6.16 Å². The van der Waals surface area contributed by atoms with E-state index in [9.17, 15) is 14.4 Å². The van der Waals surface area contributed by atoms with Gasteiger partial charge < -0.3 is 9.47 Å². The third-order valence-electron chi connectivity index (χ3n) is 5.94. The Kier molecular flexibility index (Phi) is 7.50. The van der Waals surface area contributed by atoms with Crippen molar-refractivity contribution in [3.8, 4) is 0 Å². The van der Waals surface area contributed by atoms with Gasteiger partial charge in [-0.25, -0.2) is 14.8 Å². The highest BCUT2D eigenvalue weighted by molar-refractivity contribution is 6.29. The molecule has 37 heavy (non-hydrogen) atoms. The molecule has 2 unspecified atom stereocenters. The van der Waals surface area contributed by atoms with Crippen LogP contribution in [0, 0.1) is 5.92 Å². The van der Waals surface area contributed by atoms with Gasteiger partial charge in [-0.3, -0.25) is 14.5 Å². The zero-order chi connectivity index (χ0) is 26.9. The van der Waals surface area contributed by atoms with E-state index in [1.165, 1.54) is 4.90 Å². The van der Waals surface area contributed by atoms with Crippen LogP contribution in [-0.2, 0) is 14.3 Å². The van der Waals surface area contributed by atoms with Crippen molar-refractivity contribution in [3.63, 3.8) is 0 Å². The summed E-state index contributed by atoms with van der Waals surface area (Å²) in [5, 5.41) is 1.00. The Morgan fingerprint density at radius 2 is 1.76 bits per heavy atom. The van der Waals surface area contributed by atoms with Gasteiger partial charge in [-0.1, -0.05) is 43.6 Å². The molecule has 1 aromatic carbocycles. The molecule has 0 radical (unpaired) electrons. The standard InChI is InChI=1S/C28H30ClN3O5/c1-16(2)10-13-20(33)24(36-27(35)37-28(3,4)5)23-18-8-6-7-9-19(18)26(34)32(23)22-15-12-17-11-14-21(29)30-25(17)31-22/h6-9,11-12,14-16,23-24H,10,13H2,1-5H3. The number of rotatable bonds is 7. The number of nitrogens with zero attached hydrogens (tertiary/aromatic N) is 3. The molecule has 0 saturated heterocycles. The van der Waals surface area contributed by atoms with Crippen LogP contribution < -0.4 is 4.90 Å². The van der Waals surface area contributed by atoms with Crippen molar-refractivity contribution in [3.05, 3.63) is 64.8 Å². The highest BCUT2D eigenvalue weighted by Crippen LogP contribution is 2.41. The summed E-state index contributed by atoms with van der Waals surface area (Å²) in [5.74, 6) is -0.134. The number of Topliss-reactive ketones (excluding diaryl/α,β-unsaturated/α-hetero) is 1. The highest BCUT2D eigenvalue weighted by Gasteiger charge is 2.47. The number of ether oxygens (including phenoxy) is 2. The number of fused-ring (bicyclic) bond motifs is 2. The molecule has 1 amide bonds. The lowest BCUT2D eigenvalue weighted by Gasteiger charge is -2.31. The first kappa shape index (κ1) is 26.5. The van der Waals surface area contributed by atoms with Gasteiger partial charge in [-0.05, 0) is 69.0 Å². The maximum Gasteiger partial charge on any atom is 0.509 e. The molecule has 4 rings (SSSR count). The van der Waals surface area contributed by atoms with Gasteiger partial charge in [0.15, 0.2) is 17.5 Å². The van der Waals surface area contributed by atoms with Crippen molar-refractivity contribution < 1.29 is 23.9 Å². The summed E-state index contributed by atoms with van der Waals surface area (Å²) >= 11 is 6.08. The molecule has 1 aliphatic rings. The molecule has 9 heteroatoms. The van der Waals surface area contributed by atoms with E-state index in [1.807, 2.05) is 13.8 Å². The number of aromatic nitrogens is 2. The Morgan fingerprint density at radius 1 is 1.05 bits per heavy atom. The molecule has 194 valence electrons. The van der Waals surface area contributed by atoms with Gasteiger partial charge in [0.05, 0.1) is 0 Å². The fraction of sp³-hybridized carbons (Fsp3) is 0.393. The number of hydrogen-bond acceptors (Lipinski definition) is 7. The molecule has 0 aliphatic carbocycles. The highest BCUT2D eigenvalue weighted by atomic mass is 35.5. The van der Waals surface area contributed by atoms with Gasteiger partial charge in [-0.2, -0.15) is 0 Å². The minimum absolute atomic E-state index is 0.175. The Morgan fingerprint density at radius 3 is 2.46 bits per heavy atom. The van der Waals surface area contributed by atoms with Gasteiger partial charge in [0.25, 0.3) is 5.91 Å². The number of ketones is 1. The van der Waals surface area contributed by atoms with Crippen LogP contribution in [0.4, 0.5) is 10.6 Å². The normalized spacial score (nSPS) is 16.1.